The van der Waals surface area contributed by atoms with E-state index in [4.69, 9.17) is 9.15 Å². The van der Waals surface area contributed by atoms with E-state index in [2.05, 4.69) is 4.72 Å². The minimum atomic E-state index is -3.25. The van der Waals surface area contributed by atoms with Crippen LogP contribution in [0.1, 0.15) is 22.7 Å². The molecule has 0 saturated carbocycles. The molecule has 3 rings (SSSR count). The van der Waals surface area contributed by atoms with Gasteiger partial charge < -0.3 is 14.1 Å². The quantitative estimate of drug-likeness (QED) is 0.866. The second-order valence-corrected chi connectivity index (χ2v) is 8.20. The summed E-state index contributed by atoms with van der Waals surface area (Å²) in [7, 11) is -3.25. The van der Waals surface area contributed by atoms with E-state index >= 15 is 0 Å². The number of hydrogen-bond donors (Lipinski definition) is 1. The van der Waals surface area contributed by atoms with E-state index in [1.165, 1.54) is 0 Å². The Morgan fingerprint density at radius 2 is 2.22 bits per heavy atom. The van der Waals surface area contributed by atoms with Gasteiger partial charge in [-0.15, -0.1) is 0 Å². The number of likely N-dealkylation sites (tertiary alicyclic amines) is 1. The monoisotopic (exact) mass is 342 g/mol. The second-order valence-electron chi connectivity index (χ2n) is 6.37. The van der Waals surface area contributed by atoms with Crippen LogP contribution < -0.4 is 4.72 Å². The lowest BCUT2D eigenvalue weighted by Gasteiger charge is -2.35. The van der Waals surface area contributed by atoms with Crippen molar-refractivity contribution in [3.05, 3.63) is 23.7 Å². The Hall–Kier alpha value is -1.38. The van der Waals surface area contributed by atoms with Gasteiger partial charge in [-0.1, -0.05) is 0 Å². The summed E-state index contributed by atoms with van der Waals surface area (Å²) in [6, 6.07) is 3.47. The fourth-order valence-electron chi connectivity index (χ4n) is 3.36. The Kier molecular flexibility index (Phi) is 4.48. The van der Waals surface area contributed by atoms with Crippen molar-refractivity contribution in [3.8, 4) is 0 Å². The van der Waals surface area contributed by atoms with Gasteiger partial charge in [0.25, 0.3) is 5.91 Å². The molecule has 2 saturated heterocycles. The molecular formula is C15H22N2O5S. The maximum atomic E-state index is 12.5. The number of nitrogens with zero attached hydrogens (tertiary/aromatic N) is 1. The summed E-state index contributed by atoms with van der Waals surface area (Å²) in [5, 5.41) is 0. The summed E-state index contributed by atoms with van der Waals surface area (Å²) < 4.78 is 36.2. The predicted octanol–water partition coefficient (Wildman–Crippen LogP) is 0.614. The number of carbonyl (C=O) groups is 1. The lowest BCUT2D eigenvalue weighted by molar-refractivity contribution is 0.0535. The lowest BCUT2D eigenvalue weighted by atomic mass is 9.84. The van der Waals surface area contributed by atoms with Gasteiger partial charge in [0.2, 0.25) is 10.0 Å². The van der Waals surface area contributed by atoms with Crippen molar-refractivity contribution in [2.75, 3.05) is 32.5 Å². The van der Waals surface area contributed by atoms with E-state index in [9.17, 15) is 13.2 Å². The number of furan rings is 1. The van der Waals surface area contributed by atoms with E-state index < -0.39 is 10.0 Å². The van der Waals surface area contributed by atoms with Crippen molar-refractivity contribution in [2.24, 2.45) is 11.8 Å². The van der Waals surface area contributed by atoms with Gasteiger partial charge in [0.1, 0.15) is 5.76 Å². The molecule has 2 aliphatic rings. The minimum absolute atomic E-state index is 0.113. The van der Waals surface area contributed by atoms with Crippen molar-refractivity contribution in [1.29, 1.82) is 0 Å². The molecule has 2 fully saturated rings. The van der Waals surface area contributed by atoms with E-state index in [0.717, 1.165) is 12.7 Å². The molecule has 23 heavy (non-hydrogen) atoms. The fraction of sp³-hybridized carbons (Fsp3) is 0.667. The largest absolute Gasteiger partial charge is 0.456 e. The number of carbonyl (C=O) groups excluding carboxylic acids is 1. The van der Waals surface area contributed by atoms with E-state index in [0.29, 0.717) is 37.1 Å². The van der Waals surface area contributed by atoms with Crippen LogP contribution in [0.5, 0.6) is 0 Å². The zero-order chi connectivity index (χ0) is 16.6. The number of fused-ring (bicyclic) bond motifs is 1. The Morgan fingerprint density at radius 3 is 2.87 bits per heavy atom. The molecule has 0 bridgehead atoms. The highest BCUT2D eigenvalue weighted by Crippen LogP contribution is 2.34. The van der Waals surface area contributed by atoms with Crippen LogP contribution in [0.25, 0.3) is 0 Å². The van der Waals surface area contributed by atoms with Gasteiger partial charge in [0.15, 0.2) is 5.76 Å². The number of amides is 1. The van der Waals surface area contributed by atoms with Crippen LogP contribution in [0.3, 0.4) is 0 Å². The molecule has 3 atom stereocenters. The molecule has 0 radical (unpaired) electrons. The van der Waals surface area contributed by atoms with Crippen LogP contribution in [-0.2, 0) is 14.8 Å². The molecule has 7 nitrogen and oxygen atoms in total. The Bertz CT molecular complexity index is 684. The van der Waals surface area contributed by atoms with E-state index in [1.54, 1.807) is 24.0 Å². The summed E-state index contributed by atoms with van der Waals surface area (Å²) in [5.74, 6) is 1.48. The average Bonchev–Trinajstić information content (AvgIpc) is 3.09. The maximum absolute atomic E-state index is 12.5. The third-order valence-corrected chi connectivity index (χ3v) is 5.28. The first-order valence-electron chi connectivity index (χ1n) is 7.75. The lowest BCUT2D eigenvalue weighted by Crippen LogP contribution is -2.47. The van der Waals surface area contributed by atoms with Crippen LogP contribution in [0.2, 0.25) is 0 Å². The number of rotatable bonds is 4. The Morgan fingerprint density at radius 1 is 1.43 bits per heavy atom. The Balaban J connectivity index is 1.65. The summed E-state index contributed by atoms with van der Waals surface area (Å²) in [5.41, 5.74) is 0. The molecule has 2 aliphatic heterocycles. The van der Waals surface area contributed by atoms with E-state index in [-0.39, 0.29) is 24.5 Å². The van der Waals surface area contributed by atoms with Gasteiger partial charge >= 0.3 is 0 Å². The highest BCUT2D eigenvalue weighted by atomic mass is 32.2. The Labute approximate surface area is 136 Å². The normalized spacial score (nSPS) is 27.9. The molecule has 0 spiro atoms. The maximum Gasteiger partial charge on any atom is 0.289 e. The predicted molar refractivity (Wildman–Crippen MR) is 83.5 cm³/mol. The first-order valence-corrected chi connectivity index (χ1v) is 9.64. The molecule has 3 heterocycles. The van der Waals surface area contributed by atoms with E-state index in [1.807, 2.05) is 0 Å². The van der Waals surface area contributed by atoms with Crippen molar-refractivity contribution in [3.63, 3.8) is 0 Å². The molecule has 1 N–H and O–H groups in total. The number of aryl methyl sites for hydroxylation is 1. The van der Waals surface area contributed by atoms with Crippen molar-refractivity contribution >= 4 is 15.9 Å². The summed E-state index contributed by atoms with van der Waals surface area (Å²) in [6.07, 6.45) is 1.81. The number of sulfonamides is 1. The topological polar surface area (TPSA) is 88.9 Å². The molecule has 0 unspecified atom stereocenters. The van der Waals surface area contributed by atoms with Crippen LogP contribution in [0.15, 0.2) is 16.5 Å². The van der Waals surface area contributed by atoms with Crippen molar-refractivity contribution < 1.29 is 22.4 Å². The number of nitrogens with one attached hydrogen (secondary N) is 1. The van der Waals surface area contributed by atoms with Crippen LogP contribution in [0.4, 0.5) is 0 Å². The van der Waals surface area contributed by atoms with Gasteiger partial charge in [-0.2, -0.15) is 0 Å². The highest BCUT2D eigenvalue weighted by Gasteiger charge is 2.42. The highest BCUT2D eigenvalue weighted by molar-refractivity contribution is 7.88. The van der Waals surface area contributed by atoms with Crippen LogP contribution in [0, 0.1) is 18.8 Å². The average molecular weight is 342 g/mol. The van der Waals surface area contributed by atoms with Gasteiger partial charge in [0.05, 0.1) is 19.0 Å². The first-order chi connectivity index (χ1) is 10.8. The van der Waals surface area contributed by atoms with Crippen molar-refractivity contribution in [1.82, 2.24) is 9.62 Å². The smallest absolute Gasteiger partial charge is 0.289 e. The third kappa shape index (κ3) is 3.76. The molecule has 128 valence electrons. The molecular weight excluding hydrogens is 320 g/mol. The molecule has 1 amide bonds. The molecule has 0 aromatic carbocycles. The number of hydrogen-bond acceptors (Lipinski definition) is 5. The molecule has 1 aromatic rings. The standard InChI is InChI=1S/C15H22N2O5S/c1-10-3-4-13(22-10)15(18)17-6-5-11-9-21-14(12(11)8-17)7-16-23(2,19)20/h3-4,11-12,14,16H,5-9H2,1-2H3/t11-,12-,14+/m0/s1. The second kappa shape index (κ2) is 6.26. The molecule has 8 heteroatoms. The fourth-order valence-corrected chi connectivity index (χ4v) is 3.83. The third-order valence-electron chi connectivity index (χ3n) is 4.59. The summed E-state index contributed by atoms with van der Waals surface area (Å²) >= 11 is 0. The summed E-state index contributed by atoms with van der Waals surface area (Å²) in [6.45, 7) is 3.93. The zero-order valence-corrected chi connectivity index (χ0v) is 14.1. The zero-order valence-electron chi connectivity index (χ0n) is 13.3. The molecule has 1 aromatic heterocycles. The number of ether oxygens (including phenoxy) is 1. The van der Waals surface area contributed by atoms with Gasteiger partial charge in [-0.25, -0.2) is 13.1 Å². The van der Waals surface area contributed by atoms with Crippen LogP contribution in [-0.4, -0.2) is 57.8 Å². The van der Waals surface area contributed by atoms with Gasteiger partial charge in [0, 0.05) is 25.6 Å². The van der Waals surface area contributed by atoms with Crippen LogP contribution >= 0.6 is 0 Å². The first kappa shape index (κ1) is 16.5. The SMILES string of the molecule is Cc1ccc(C(=O)N2CC[C@H]3CO[C@H](CNS(C)(=O)=O)[C@H]3C2)o1. The molecule has 0 aliphatic carbocycles. The number of piperidine rings is 1. The van der Waals surface area contributed by atoms with Crippen molar-refractivity contribution in [2.45, 2.75) is 19.4 Å². The minimum Gasteiger partial charge on any atom is -0.456 e. The van der Waals surface area contributed by atoms with Gasteiger partial charge in [-0.05, 0) is 31.4 Å². The summed E-state index contributed by atoms with van der Waals surface area (Å²) in [4.78, 5) is 14.3. The van der Waals surface area contributed by atoms with Gasteiger partial charge in [-0.3, -0.25) is 4.79 Å².